The van der Waals surface area contributed by atoms with Gasteiger partial charge in [-0.1, -0.05) is 23.7 Å². The molecule has 24 heavy (non-hydrogen) atoms. The van der Waals surface area contributed by atoms with Crippen LogP contribution < -0.4 is 15.4 Å². The number of amides is 1. The summed E-state index contributed by atoms with van der Waals surface area (Å²) in [4.78, 5) is 12.1. The van der Waals surface area contributed by atoms with Crippen LogP contribution in [0.1, 0.15) is 5.56 Å². The van der Waals surface area contributed by atoms with Crippen molar-refractivity contribution >= 4 is 33.2 Å². The average Bonchev–Trinajstić information content (AvgIpc) is 2.52. The van der Waals surface area contributed by atoms with Gasteiger partial charge in [0.15, 0.2) is 6.17 Å². The van der Waals surface area contributed by atoms with Gasteiger partial charge in [-0.2, -0.15) is 4.72 Å². The lowest BCUT2D eigenvalue weighted by atomic mass is 10.2. The summed E-state index contributed by atoms with van der Waals surface area (Å²) in [6.45, 7) is 0.200. The van der Waals surface area contributed by atoms with Crippen molar-refractivity contribution in [2.75, 3.05) is 5.32 Å². The molecule has 0 fully saturated rings. The summed E-state index contributed by atoms with van der Waals surface area (Å²) in [6.07, 6.45) is -1.23. The Labute approximate surface area is 143 Å². The van der Waals surface area contributed by atoms with Gasteiger partial charge in [0, 0.05) is 11.6 Å². The molecule has 3 N–H and O–H groups in total. The normalized spacial score (nSPS) is 18.3. The van der Waals surface area contributed by atoms with Crippen molar-refractivity contribution in [3.05, 3.63) is 58.9 Å². The number of carbonyl (C=O) groups excluding carboxylic acids is 1. The fraction of sp³-hybridized carbons (Fsp3) is 0.133. The highest BCUT2D eigenvalue weighted by Crippen LogP contribution is 2.26. The molecular formula is C15H13ClFN3O3S. The third-order valence-corrected chi connectivity index (χ3v) is 5.18. The van der Waals surface area contributed by atoms with E-state index in [1.54, 1.807) is 24.3 Å². The molecule has 2 aromatic carbocycles. The van der Waals surface area contributed by atoms with E-state index in [-0.39, 0.29) is 17.1 Å². The number of hydrogen-bond acceptors (Lipinski definition) is 4. The van der Waals surface area contributed by atoms with Crippen molar-refractivity contribution < 1.29 is 17.6 Å². The minimum atomic E-state index is -3.90. The first-order valence-electron chi connectivity index (χ1n) is 6.96. The largest absolute Gasteiger partial charge is 0.360 e. The van der Waals surface area contributed by atoms with Crippen LogP contribution in [0.15, 0.2) is 47.4 Å². The summed E-state index contributed by atoms with van der Waals surface area (Å²) in [5.41, 5.74) is 0.846. The van der Waals surface area contributed by atoms with Gasteiger partial charge in [0.25, 0.3) is 5.91 Å². The molecule has 0 aliphatic carbocycles. The van der Waals surface area contributed by atoms with E-state index in [0.717, 1.165) is 23.8 Å². The van der Waals surface area contributed by atoms with Crippen LogP contribution in [0.25, 0.3) is 0 Å². The van der Waals surface area contributed by atoms with Gasteiger partial charge in [-0.15, -0.1) is 0 Å². The molecule has 1 amide bonds. The number of carbonyl (C=O) groups is 1. The van der Waals surface area contributed by atoms with Crippen molar-refractivity contribution in [1.82, 2.24) is 10.0 Å². The van der Waals surface area contributed by atoms with Gasteiger partial charge in [-0.05, 0) is 35.9 Å². The number of sulfonamides is 1. The molecule has 0 bridgehead atoms. The first-order chi connectivity index (χ1) is 11.3. The molecule has 0 saturated heterocycles. The van der Waals surface area contributed by atoms with Crippen molar-refractivity contribution in [3.63, 3.8) is 0 Å². The lowest BCUT2D eigenvalue weighted by Gasteiger charge is -2.27. The highest BCUT2D eigenvalue weighted by atomic mass is 35.5. The molecule has 1 heterocycles. The SMILES string of the molecule is O=C(NCc1ccc(Cl)cc1)C1Nc2cc(F)ccc2S(=O)(=O)N1. The van der Waals surface area contributed by atoms with Crippen LogP contribution in [-0.4, -0.2) is 20.5 Å². The monoisotopic (exact) mass is 369 g/mol. The van der Waals surface area contributed by atoms with E-state index in [0.29, 0.717) is 5.02 Å². The second-order valence-corrected chi connectivity index (χ2v) is 7.30. The van der Waals surface area contributed by atoms with E-state index < -0.39 is 27.9 Å². The van der Waals surface area contributed by atoms with Crippen molar-refractivity contribution in [1.29, 1.82) is 0 Å². The van der Waals surface area contributed by atoms with Gasteiger partial charge in [-0.25, -0.2) is 12.8 Å². The molecule has 0 aromatic heterocycles. The maximum absolute atomic E-state index is 13.3. The van der Waals surface area contributed by atoms with Crippen LogP contribution >= 0.6 is 11.6 Å². The van der Waals surface area contributed by atoms with Crippen LogP contribution in [0.5, 0.6) is 0 Å². The summed E-state index contributed by atoms with van der Waals surface area (Å²) >= 11 is 5.78. The first kappa shape index (κ1) is 16.7. The quantitative estimate of drug-likeness (QED) is 0.770. The number of anilines is 1. The van der Waals surface area contributed by atoms with Crippen LogP contribution in [-0.2, 0) is 21.4 Å². The summed E-state index contributed by atoms with van der Waals surface area (Å²) < 4.78 is 39.8. The lowest BCUT2D eigenvalue weighted by Crippen LogP contribution is -2.53. The molecule has 126 valence electrons. The molecule has 6 nitrogen and oxygen atoms in total. The van der Waals surface area contributed by atoms with Crippen molar-refractivity contribution in [2.24, 2.45) is 0 Å². The van der Waals surface area contributed by atoms with Crippen LogP contribution in [0, 0.1) is 5.82 Å². The summed E-state index contributed by atoms with van der Waals surface area (Å²) in [5, 5.41) is 5.86. The van der Waals surface area contributed by atoms with Crippen LogP contribution in [0.2, 0.25) is 5.02 Å². The zero-order chi connectivity index (χ0) is 17.3. The highest BCUT2D eigenvalue weighted by molar-refractivity contribution is 7.89. The number of nitrogens with one attached hydrogen (secondary N) is 3. The average molecular weight is 370 g/mol. The molecule has 1 aliphatic heterocycles. The Bertz CT molecular complexity index is 887. The lowest BCUT2D eigenvalue weighted by molar-refractivity contribution is -0.122. The van der Waals surface area contributed by atoms with Gasteiger partial charge in [-0.3, -0.25) is 4.79 Å². The van der Waals surface area contributed by atoms with E-state index in [1.807, 2.05) is 0 Å². The molecular weight excluding hydrogens is 357 g/mol. The molecule has 3 rings (SSSR count). The van der Waals surface area contributed by atoms with Crippen molar-refractivity contribution in [3.8, 4) is 0 Å². The predicted octanol–water partition coefficient (Wildman–Crippen LogP) is 1.83. The Balaban J connectivity index is 1.73. The fourth-order valence-electron chi connectivity index (χ4n) is 2.27. The highest BCUT2D eigenvalue weighted by Gasteiger charge is 2.33. The topological polar surface area (TPSA) is 87.3 Å². The zero-order valence-electron chi connectivity index (χ0n) is 12.2. The summed E-state index contributed by atoms with van der Waals surface area (Å²) in [5.74, 6) is -1.18. The molecule has 0 saturated carbocycles. The Kier molecular flexibility index (Phi) is 4.44. The summed E-state index contributed by atoms with van der Waals surface area (Å²) in [6, 6.07) is 10.1. The van der Waals surface area contributed by atoms with Gasteiger partial charge in [0.05, 0.1) is 5.69 Å². The van der Waals surface area contributed by atoms with Gasteiger partial charge in [0.2, 0.25) is 10.0 Å². The molecule has 9 heteroatoms. The Morgan fingerprint density at radius 3 is 2.62 bits per heavy atom. The molecule has 1 unspecified atom stereocenters. The van der Waals surface area contributed by atoms with Crippen molar-refractivity contribution in [2.45, 2.75) is 17.6 Å². The van der Waals surface area contributed by atoms with Crippen LogP contribution in [0.3, 0.4) is 0 Å². The minimum Gasteiger partial charge on any atom is -0.360 e. The zero-order valence-corrected chi connectivity index (χ0v) is 13.8. The summed E-state index contributed by atoms with van der Waals surface area (Å²) in [7, 11) is -3.90. The van der Waals surface area contributed by atoms with E-state index in [9.17, 15) is 17.6 Å². The number of fused-ring (bicyclic) bond motifs is 1. The fourth-order valence-corrected chi connectivity index (χ4v) is 3.65. The molecule has 1 atom stereocenters. The van der Waals surface area contributed by atoms with E-state index in [1.165, 1.54) is 0 Å². The molecule has 1 aliphatic rings. The van der Waals surface area contributed by atoms with Gasteiger partial charge in [0.1, 0.15) is 10.7 Å². The van der Waals surface area contributed by atoms with Gasteiger partial charge >= 0.3 is 0 Å². The van der Waals surface area contributed by atoms with Crippen LogP contribution in [0.4, 0.5) is 10.1 Å². The Hall–Kier alpha value is -2.16. The Morgan fingerprint density at radius 2 is 1.92 bits per heavy atom. The smallest absolute Gasteiger partial charge is 0.258 e. The minimum absolute atomic E-state index is 0.0420. The second-order valence-electron chi connectivity index (χ2n) is 5.18. The molecule has 0 spiro atoms. The third kappa shape index (κ3) is 3.50. The van der Waals surface area contributed by atoms with E-state index in [4.69, 9.17) is 11.6 Å². The van der Waals surface area contributed by atoms with Gasteiger partial charge < -0.3 is 10.6 Å². The predicted molar refractivity (Wildman–Crippen MR) is 87.4 cm³/mol. The molecule has 0 radical (unpaired) electrons. The number of benzene rings is 2. The maximum atomic E-state index is 13.3. The molecule has 2 aromatic rings. The second kappa shape index (κ2) is 6.39. The Morgan fingerprint density at radius 1 is 1.21 bits per heavy atom. The number of halogens is 2. The maximum Gasteiger partial charge on any atom is 0.258 e. The number of rotatable bonds is 3. The third-order valence-electron chi connectivity index (χ3n) is 3.45. The van der Waals surface area contributed by atoms with E-state index >= 15 is 0 Å². The van der Waals surface area contributed by atoms with E-state index in [2.05, 4.69) is 15.4 Å². The standard InChI is InChI=1S/C15H13ClFN3O3S/c16-10-3-1-9(2-4-10)8-18-15(21)14-19-12-7-11(17)5-6-13(12)24(22,23)20-14/h1-7,14,19-20H,8H2,(H,18,21). The number of hydrogen-bond donors (Lipinski definition) is 3. The first-order valence-corrected chi connectivity index (χ1v) is 8.82.